The van der Waals surface area contributed by atoms with Gasteiger partial charge in [-0.15, -0.1) is 0 Å². The molecule has 1 heterocycles. The highest BCUT2D eigenvalue weighted by Crippen LogP contribution is 2.36. The van der Waals surface area contributed by atoms with E-state index in [0.29, 0.717) is 12.3 Å². The zero-order chi connectivity index (χ0) is 18.1. The second-order valence-corrected chi connectivity index (χ2v) is 7.54. The zero-order valence-corrected chi connectivity index (χ0v) is 15.6. The third-order valence-electron chi connectivity index (χ3n) is 5.93. The predicted octanol–water partition coefficient (Wildman–Crippen LogP) is 3.43. The summed E-state index contributed by atoms with van der Waals surface area (Å²) < 4.78 is 7.29. The molecule has 5 heteroatoms. The Morgan fingerprint density at radius 2 is 2.12 bits per heavy atom. The number of fused-ring (bicyclic) bond motifs is 2. The average molecular weight is 353 g/mol. The van der Waals surface area contributed by atoms with Crippen molar-refractivity contribution < 1.29 is 9.53 Å². The summed E-state index contributed by atoms with van der Waals surface area (Å²) in [6.07, 6.45) is 8.92. The first-order valence-corrected chi connectivity index (χ1v) is 9.62. The Labute approximate surface area is 154 Å². The molecule has 1 N–H and O–H groups in total. The van der Waals surface area contributed by atoms with Crippen LogP contribution in [-0.4, -0.2) is 22.8 Å². The van der Waals surface area contributed by atoms with E-state index in [0.717, 1.165) is 44.3 Å². The van der Waals surface area contributed by atoms with Gasteiger partial charge in [-0.2, -0.15) is 5.10 Å². The molecule has 138 valence electrons. The lowest BCUT2D eigenvalue weighted by Gasteiger charge is -2.28. The van der Waals surface area contributed by atoms with E-state index in [4.69, 9.17) is 4.74 Å². The molecule has 5 nitrogen and oxygen atoms in total. The third-order valence-corrected chi connectivity index (χ3v) is 5.93. The summed E-state index contributed by atoms with van der Waals surface area (Å²) in [6, 6.07) is 6.39. The van der Waals surface area contributed by atoms with E-state index in [1.807, 2.05) is 24.0 Å². The Kier molecular flexibility index (Phi) is 4.70. The largest absolute Gasteiger partial charge is 0.497 e. The van der Waals surface area contributed by atoms with Crippen LogP contribution in [0.2, 0.25) is 0 Å². The van der Waals surface area contributed by atoms with Crippen LogP contribution in [0.15, 0.2) is 24.4 Å². The molecule has 2 atom stereocenters. The highest BCUT2D eigenvalue weighted by Gasteiger charge is 2.27. The molecule has 0 saturated carbocycles. The fourth-order valence-corrected chi connectivity index (χ4v) is 4.56. The van der Waals surface area contributed by atoms with Gasteiger partial charge in [-0.25, -0.2) is 0 Å². The van der Waals surface area contributed by atoms with Gasteiger partial charge in [0.1, 0.15) is 5.75 Å². The van der Waals surface area contributed by atoms with Crippen molar-refractivity contribution >= 4 is 5.91 Å². The minimum atomic E-state index is 0.110. The van der Waals surface area contributed by atoms with Crippen LogP contribution in [0, 0.1) is 0 Å². The van der Waals surface area contributed by atoms with Crippen LogP contribution in [0.4, 0.5) is 0 Å². The molecular weight excluding hydrogens is 326 g/mol. The first-order chi connectivity index (χ1) is 12.7. The van der Waals surface area contributed by atoms with Crippen molar-refractivity contribution in [3.63, 3.8) is 0 Å². The summed E-state index contributed by atoms with van der Waals surface area (Å²) >= 11 is 0. The second kappa shape index (κ2) is 7.14. The molecule has 2 aliphatic rings. The van der Waals surface area contributed by atoms with E-state index in [9.17, 15) is 4.79 Å². The van der Waals surface area contributed by atoms with Gasteiger partial charge in [0.15, 0.2) is 0 Å². The van der Waals surface area contributed by atoms with Crippen LogP contribution in [0.3, 0.4) is 0 Å². The quantitative estimate of drug-likeness (QED) is 0.916. The number of carbonyl (C=O) groups excluding carboxylic acids is 1. The lowest BCUT2D eigenvalue weighted by atomic mass is 9.80. The maximum absolute atomic E-state index is 12.8. The summed E-state index contributed by atoms with van der Waals surface area (Å²) in [5, 5.41) is 7.64. The molecule has 0 bridgehead atoms. The van der Waals surface area contributed by atoms with Gasteiger partial charge in [0.2, 0.25) is 5.91 Å². The number of aryl methyl sites for hydroxylation is 2. The third kappa shape index (κ3) is 3.22. The number of hydrogen-bond donors (Lipinski definition) is 1. The van der Waals surface area contributed by atoms with E-state index < -0.39 is 0 Å². The zero-order valence-electron chi connectivity index (χ0n) is 15.6. The summed E-state index contributed by atoms with van der Waals surface area (Å²) in [6.45, 7) is 0. The number of rotatable bonds is 4. The number of methoxy groups -OCH3 is 1. The van der Waals surface area contributed by atoms with Crippen LogP contribution in [0.1, 0.15) is 66.4 Å². The van der Waals surface area contributed by atoms with Gasteiger partial charge < -0.3 is 10.1 Å². The molecule has 1 aromatic heterocycles. The molecule has 0 radical (unpaired) electrons. The van der Waals surface area contributed by atoms with Crippen molar-refractivity contribution in [1.82, 2.24) is 15.1 Å². The lowest BCUT2D eigenvalue weighted by molar-refractivity contribution is -0.122. The van der Waals surface area contributed by atoms with E-state index in [1.165, 1.54) is 22.4 Å². The van der Waals surface area contributed by atoms with Crippen molar-refractivity contribution in [3.05, 3.63) is 46.8 Å². The molecule has 0 saturated heterocycles. The Morgan fingerprint density at radius 1 is 1.27 bits per heavy atom. The van der Waals surface area contributed by atoms with Gasteiger partial charge in [-0.3, -0.25) is 9.48 Å². The standard InChI is InChI=1S/C21H27N3O2/c1-24-20-8-4-7-19(18(20)13-22-24)23-21(25)12-15-6-3-5-14-11-16(26-2)9-10-17(14)15/h9-11,13,15,19H,3-8,12H2,1-2H3,(H,23,25). The maximum Gasteiger partial charge on any atom is 0.221 e. The SMILES string of the molecule is COc1ccc2c(c1)CCCC2CC(=O)NC1CCCc2c1cnn2C. The topological polar surface area (TPSA) is 56.1 Å². The van der Waals surface area contributed by atoms with Gasteiger partial charge in [0.25, 0.3) is 0 Å². The van der Waals surface area contributed by atoms with Crippen LogP contribution >= 0.6 is 0 Å². The smallest absolute Gasteiger partial charge is 0.221 e. The van der Waals surface area contributed by atoms with Crippen molar-refractivity contribution in [3.8, 4) is 5.75 Å². The normalized spacial score (nSPS) is 21.6. The Hall–Kier alpha value is -2.30. The summed E-state index contributed by atoms with van der Waals surface area (Å²) in [5.74, 6) is 1.36. The molecule has 2 aromatic rings. The van der Waals surface area contributed by atoms with E-state index >= 15 is 0 Å². The molecule has 2 aliphatic carbocycles. The number of carbonyl (C=O) groups is 1. The highest BCUT2D eigenvalue weighted by atomic mass is 16.5. The number of benzene rings is 1. The summed E-state index contributed by atoms with van der Waals surface area (Å²) in [5.41, 5.74) is 5.11. The molecule has 26 heavy (non-hydrogen) atoms. The fraction of sp³-hybridized carbons (Fsp3) is 0.524. The Bertz CT molecular complexity index is 812. The fourth-order valence-electron chi connectivity index (χ4n) is 4.56. The van der Waals surface area contributed by atoms with Crippen LogP contribution < -0.4 is 10.1 Å². The molecule has 2 unspecified atom stereocenters. The van der Waals surface area contributed by atoms with Gasteiger partial charge >= 0.3 is 0 Å². The maximum atomic E-state index is 12.8. The van der Waals surface area contributed by atoms with Crippen molar-refractivity contribution in [2.24, 2.45) is 7.05 Å². The molecule has 1 amide bonds. The lowest BCUT2D eigenvalue weighted by Crippen LogP contribution is -2.32. The number of hydrogen-bond acceptors (Lipinski definition) is 3. The number of aromatic nitrogens is 2. The monoisotopic (exact) mass is 353 g/mol. The molecule has 4 rings (SSSR count). The minimum absolute atomic E-state index is 0.110. The summed E-state index contributed by atoms with van der Waals surface area (Å²) in [4.78, 5) is 12.8. The van der Waals surface area contributed by atoms with Crippen molar-refractivity contribution in [2.75, 3.05) is 7.11 Å². The van der Waals surface area contributed by atoms with Crippen LogP contribution in [0.25, 0.3) is 0 Å². The van der Waals surface area contributed by atoms with Gasteiger partial charge in [0, 0.05) is 24.7 Å². The van der Waals surface area contributed by atoms with Gasteiger partial charge in [0.05, 0.1) is 19.3 Å². The number of ether oxygens (including phenoxy) is 1. The first-order valence-electron chi connectivity index (χ1n) is 9.62. The number of nitrogens with one attached hydrogen (secondary N) is 1. The minimum Gasteiger partial charge on any atom is -0.497 e. The number of amides is 1. The highest BCUT2D eigenvalue weighted by molar-refractivity contribution is 5.77. The Balaban J connectivity index is 1.45. The predicted molar refractivity (Wildman–Crippen MR) is 100 cm³/mol. The first kappa shape index (κ1) is 17.1. The van der Waals surface area contributed by atoms with Crippen LogP contribution in [-0.2, 0) is 24.7 Å². The van der Waals surface area contributed by atoms with E-state index in [1.54, 1.807) is 7.11 Å². The summed E-state index contributed by atoms with van der Waals surface area (Å²) in [7, 11) is 3.68. The van der Waals surface area contributed by atoms with Gasteiger partial charge in [-0.1, -0.05) is 6.07 Å². The van der Waals surface area contributed by atoms with Crippen molar-refractivity contribution in [1.29, 1.82) is 0 Å². The Morgan fingerprint density at radius 3 is 2.96 bits per heavy atom. The number of nitrogens with zero attached hydrogens (tertiary/aromatic N) is 2. The van der Waals surface area contributed by atoms with E-state index in [-0.39, 0.29) is 11.9 Å². The second-order valence-electron chi connectivity index (χ2n) is 7.54. The molecule has 0 spiro atoms. The van der Waals surface area contributed by atoms with Crippen LogP contribution in [0.5, 0.6) is 5.75 Å². The van der Waals surface area contributed by atoms with Gasteiger partial charge in [-0.05, 0) is 67.7 Å². The molecule has 0 fully saturated rings. The molecule has 0 aliphatic heterocycles. The molecular formula is C21H27N3O2. The molecule has 1 aromatic carbocycles. The van der Waals surface area contributed by atoms with Crippen molar-refractivity contribution in [2.45, 2.75) is 56.9 Å². The van der Waals surface area contributed by atoms with E-state index in [2.05, 4.69) is 22.5 Å². The average Bonchev–Trinajstić information content (AvgIpc) is 3.04.